The number of aryl methyl sites for hydroxylation is 1. The van der Waals surface area contributed by atoms with E-state index in [4.69, 9.17) is 5.11 Å². The van der Waals surface area contributed by atoms with Gasteiger partial charge in [0.05, 0.1) is 11.8 Å². The van der Waals surface area contributed by atoms with Crippen LogP contribution in [0.1, 0.15) is 24.2 Å². The number of carboxylic acids is 1. The van der Waals surface area contributed by atoms with Gasteiger partial charge >= 0.3 is 5.97 Å². The summed E-state index contributed by atoms with van der Waals surface area (Å²) >= 11 is 0. The molecule has 0 saturated carbocycles. The summed E-state index contributed by atoms with van der Waals surface area (Å²) in [6, 6.07) is 0. The number of rotatable bonds is 3. The standard InChI is InChI=1S/C9H13N3O3/c1-9(2,8(14)15)11-7(13)6-4-10-12(3)5-6/h4-5H,1-3H3,(H,11,13)(H,14,15). The molecule has 6 heteroatoms. The highest BCUT2D eigenvalue weighted by Crippen LogP contribution is 2.05. The molecular weight excluding hydrogens is 198 g/mol. The highest BCUT2D eigenvalue weighted by molar-refractivity contribution is 5.97. The van der Waals surface area contributed by atoms with Crippen molar-refractivity contribution in [3.8, 4) is 0 Å². The summed E-state index contributed by atoms with van der Waals surface area (Å²) in [4.78, 5) is 22.3. The van der Waals surface area contributed by atoms with Crippen LogP contribution < -0.4 is 5.32 Å². The zero-order valence-electron chi connectivity index (χ0n) is 8.81. The minimum absolute atomic E-state index is 0.340. The van der Waals surface area contributed by atoms with Crippen LogP contribution in [-0.2, 0) is 11.8 Å². The molecule has 0 bridgehead atoms. The van der Waals surface area contributed by atoms with Gasteiger partial charge in [-0.1, -0.05) is 0 Å². The number of carbonyl (C=O) groups excluding carboxylic acids is 1. The van der Waals surface area contributed by atoms with Crippen LogP contribution >= 0.6 is 0 Å². The van der Waals surface area contributed by atoms with Crippen molar-refractivity contribution in [2.24, 2.45) is 7.05 Å². The zero-order chi connectivity index (χ0) is 11.6. The van der Waals surface area contributed by atoms with Crippen LogP contribution in [0.15, 0.2) is 12.4 Å². The Morgan fingerprint density at radius 2 is 2.13 bits per heavy atom. The van der Waals surface area contributed by atoms with Crippen LogP contribution in [-0.4, -0.2) is 32.3 Å². The summed E-state index contributed by atoms with van der Waals surface area (Å²) in [5.41, 5.74) is -0.945. The molecule has 82 valence electrons. The smallest absolute Gasteiger partial charge is 0.328 e. The normalized spacial score (nSPS) is 11.1. The highest BCUT2D eigenvalue weighted by atomic mass is 16.4. The SMILES string of the molecule is Cn1cc(C(=O)NC(C)(C)C(=O)O)cn1. The van der Waals surface area contributed by atoms with E-state index >= 15 is 0 Å². The maximum atomic E-state index is 11.6. The first-order valence-corrected chi connectivity index (χ1v) is 4.37. The number of amides is 1. The quantitative estimate of drug-likeness (QED) is 0.737. The largest absolute Gasteiger partial charge is 0.480 e. The molecule has 0 saturated heterocycles. The van der Waals surface area contributed by atoms with Crippen LogP contribution in [0.3, 0.4) is 0 Å². The van der Waals surface area contributed by atoms with Crippen molar-refractivity contribution < 1.29 is 14.7 Å². The van der Waals surface area contributed by atoms with Gasteiger partial charge in [-0.05, 0) is 13.8 Å². The predicted octanol–water partition coefficient (Wildman–Crippen LogP) is 0.0131. The van der Waals surface area contributed by atoms with E-state index in [0.29, 0.717) is 5.56 Å². The number of aliphatic carboxylic acids is 1. The van der Waals surface area contributed by atoms with Crippen LogP contribution in [0, 0.1) is 0 Å². The van der Waals surface area contributed by atoms with Crippen molar-refractivity contribution in [2.75, 3.05) is 0 Å². The van der Waals surface area contributed by atoms with Crippen LogP contribution in [0.25, 0.3) is 0 Å². The van der Waals surface area contributed by atoms with E-state index in [1.165, 1.54) is 30.9 Å². The average molecular weight is 211 g/mol. The molecule has 0 spiro atoms. The first-order valence-electron chi connectivity index (χ1n) is 4.37. The van der Waals surface area contributed by atoms with Crippen molar-refractivity contribution >= 4 is 11.9 Å². The second-order valence-corrected chi connectivity index (χ2v) is 3.79. The van der Waals surface area contributed by atoms with Crippen LogP contribution in [0.4, 0.5) is 0 Å². The van der Waals surface area contributed by atoms with Gasteiger partial charge in [0.25, 0.3) is 5.91 Å². The Labute approximate surface area is 86.9 Å². The molecule has 1 heterocycles. The number of carbonyl (C=O) groups is 2. The molecule has 0 aliphatic heterocycles. The highest BCUT2D eigenvalue weighted by Gasteiger charge is 2.29. The minimum Gasteiger partial charge on any atom is -0.480 e. The summed E-state index contributed by atoms with van der Waals surface area (Å²) in [7, 11) is 1.68. The van der Waals surface area contributed by atoms with E-state index in [9.17, 15) is 9.59 Å². The molecule has 1 aromatic heterocycles. The second-order valence-electron chi connectivity index (χ2n) is 3.79. The lowest BCUT2D eigenvalue weighted by Gasteiger charge is -2.20. The van der Waals surface area contributed by atoms with Gasteiger partial charge in [-0.25, -0.2) is 4.79 Å². The molecule has 0 aliphatic rings. The third-order valence-corrected chi connectivity index (χ3v) is 1.93. The maximum Gasteiger partial charge on any atom is 0.328 e. The van der Waals surface area contributed by atoms with Gasteiger partial charge in [-0.15, -0.1) is 0 Å². The lowest BCUT2D eigenvalue weighted by molar-refractivity contribution is -0.143. The summed E-state index contributed by atoms with van der Waals surface area (Å²) in [5.74, 6) is -1.53. The fraction of sp³-hybridized carbons (Fsp3) is 0.444. The number of hydrogen-bond acceptors (Lipinski definition) is 3. The fourth-order valence-electron chi connectivity index (χ4n) is 0.948. The van der Waals surface area contributed by atoms with Crippen LogP contribution in [0.5, 0.6) is 0 Å². The Morgan fingerprint density at radius 1 is 1.53 bits per heavy atom. The Hall–Kier alpha value is -1.85. The molecule has 2 N–H and O–H groups in total. The molecular formula is C9H13N3O3. The monoisotopic (exact) mass is 211 g/mol. The third kappa shape index (κ3) is 2.55. The van der Waals surface area contributed by atoms with Crippen molar-refractivity contribution in [1.82, 2.24) is 15.1 Å². The molecule has 1 amide bonds. The fourth-order valence-corrected chi connectivity index (χ4v) is 0.948. The lowest BCUT2D eigenvalue weighted by Crippen LogP contribution is -2.49. The van der Waals surface area contributed by atoms with E-state index in [1.807, 2.05) is 0 Å². The maximum absolute atomic E-state index is 11.6. The molecule has 15 heavy (non-hydrogen) atoms. The summed E-state index contributed by atoms with van der Waals surface area (Å²) in [6.07, 6.45) is 2.90. The molecule has 0 radical (unpaired) electrons. The van der Waals surface area contributed by atoms with Gasteiger partial charge in [-0.2, -0.15) is 5.10 Å². The Bertz CT molecular complexity index is 395. The van der Waals surface area contributed by atoms with Gasteiger partial charge in [0.15, 0.2) is 0 Å². The summed E-state index contributed by atoms with van der Waals surface area (Å²) in [6.45, 7) is 2.84. The van der Waals surface area contributed by atoms with E-state index < -0.39 is 17.4 Å². The minimum atomic E-state index is -1.28. The average Bonchev–Trinajstić information content (AvgIpc) is 2.50. The van der Waals surface area contributed by atoms with Gasteiger partial charge in [0, 0.05) is 13.2 Å². The van der Waals surface area contributed by atoms with Crippen molar-refractivity contribution in [3.63, 3.8) is 0 Å². The van der Waals surface area contributed by atoms with Crippen LogP contribution in [0.2, 0.25) is 0 Å². The number of nitrogens with zero attached hydrogens (tertiary/aromatic N) is 2. The number of aromatic nitrogens is 2. The Morgan fingerprint density at radius 3 is 2.53 bits per heavy atom. The molecule has 0 unspecified atom stereocenters. The first kappa shape index (κ1) is 11.2. The van der Waals surface area contributed by atoms with Crippen molar-refractivity contribution in [2.45, 2.75) is 19.4 Å². The molecule has 6 nitrogen and oxygen atoms in total. The van der Waals surface area contributed by atoms with Gasteiger partial charge in [-0.3, -0.25) is 9.48 Å². The molecule has 0 atom stereocenters. The van der Waals surface area contributed by atoms with E-state index in [2.05, 4.69) is 10.4 Å². The van der Waals surface area contributed by atoms with Crippen molar-refractivity contribution in [1.29, 1.82) is 0 Å². The third-order valence-electron chi connectivity index (χ3n) is 1.93. The number of nitrogens with one attached hydrogen (secondary N) is 1. The Balaban J connectivity index is 2.76. The second kappa shape index (κ2) is 3.72. The predicted molar refractivity (Wildman–Crippen MR) is 52.4 cm³/mol. The van der Waals surface area contributed by atoms with Gasteiger partial charge < -0.3 is 10.4 Å². The lowest BCUT2D eigenvalue weighted by atomic mass is 10.1. The summed E-state index contributed by atoms with van der Waals surface area (Å²) in [5, 5.41) is 15.0. The molecule has 1 aromatic rings. The molecule has 0 fully saturated rings. The van der Waals surface area contributed by atoms with Gasteiger partial charge in [0.1, 0.15) is 5.54 Å². The van der Waals surface area contributed by atoms with E-state index in [-0.39, 0.29) is 0 Å². The number of hydrogen-bond donors (Lipinski definition) is 2. The molecule has 0 aliphatic carbocycles. The van der Waals surface area contributed by atoms with E-state index in [0.717, 1.165) is 0 Å². The summed E-state index contributed by atoms with van der Waals surface area (Å²) < 4.78 is 1.47. The Kier molecular flexibility index (Phi) is 2.78. The van der Waals surface area contributed by atoms with E-state index in [1.54, 1.807) is 7.05 Å². The zero-order valence-corrected chi connectivity index (χ0v) is 8.81. The first-order chi connectivity index (χ1) is 6.83. The topological polar surface area (TPSA) is 84.2 Å². The number of carboxylic acid groups (broad SMARTS) is 1. The molecule has 0 aromatic carbocycles. The van der Waals surface area contributed by atoms with Gasteiger partial charge in [0.2, 0.25) is 0 Å². The van der Waals surface area contributed by atoms with Crippen molar-refractivity contribution in [3.05, 3.63) is 18.0 Å². The molecule has 1 rings (SSSR count).